The molecule has 0 fully saturated rings. The lowest BCUT2D eigenvalue weighted by Crippen LogP contribution is -2.33. The third-order valence-electron chi connectivity index (χ3n) is 4.40. The zero-order chi connectivity index (χ0) is 18.7. The average Bonchev–Trinajstić information content (AvgIpc) is 2.92. The second-order valence-electron chi connectivity index (χ2n) is 6.42. The van der Waals surface area contributed by atoms with Gasteiger partial charge in [-0.15, -0.1) is 0 Å². The van der Waals surface area contributed by atoms with Gasteiger partial charge >= 0.3 is 0 Å². The Labute approximate surface area is 153 Å². The van der Waals surface area contributed by atoms with Crippen molar-refractivity contribution >= 4 is 16.9 Å². The molecule has 0 radical (unpaired) electrons. The minimum atomic E-state index is -0.0301. The van der Waals surface area contributed by atoms with E-state index in [0.29, 0.717) is 25.3 Å². The molecule has 0 aliphatic carbocycles. The fourth-order valence-corrected chi connectivity index (χ4v) is 3.17. The van der Waals surface area contributed by atoms with E-state index in [1.807, 2.05) is 62.2 Å². The maximum Gasteiger partial charge on any atom is 0.255 e. The number of ether oxygens (including phenoxy) is 1. The largest absolute Gasteiger partial charge is 0.383 e. The first kappa shape index (κ1) is 18.1. The van der Waals surface area contributed by atoms with Crippen LogP contribution in [0.25, 0.3) is 11.0 Å². The number of hydrogen-bond acceptors (Lipinski definition) is 4. The van der Waals surface area contributed by atoms with Gasteiger partial charge in [-0.3, -0.25) is 9.48 Å². The number of hydrogen-bond donors (Lipinski definition) is 0. The summed E-state index contributed by atoms with van der Waals surface area (Å²) in [5.74, 6) is -0.0301. The minimum Gasteiger partial charge on any atom is -0.383 e. The molecule has 0 unspecified atom stereocenters. The van der Waals surface area contributed by atoms with Gasteiger partial charge in [0.2, 0.25) is 0 Å². The number of methoxy groups -OCH3 is 1. The van der Waals surface area contributed by atoms with Crippen molar-refractivity contribution in [3.05, 3.63) is 58.9 Å². The van der Waals surface area contributed by atoms with E-state index in [2.05, 4.69) is 10.1 Å². The molecule has 2 aromatic heterocycles. The monoisotopic (exact) mass is 352 g/mol. The second-order valence-corrected chi connectivity index (χ2v) is 6.42. The molecule has 3 rings (SSSR count). The molecule has 136 valence electrons. The number of carbonyl (C=O) groups excluding carboxylic acids is 1. The predicted molar refractivity (Wildman–Crippen MR) is 101 cm³/mol. The zero-order valence-electron chi connectivity index (χ0n) is 15.7. The average molecular weight is 352 g/mol. The van der Waals surface area contributed by atoms with Crippen LogP contribution in [0.5, 0.6) is 0 Å². The van der Waals surface area contributed by atoms with E-state index in [9.17, 15) is 4.79 Å². The predicted octanol–water partition coefficient (Wildman–Crippen LogP) is 2.87. The Morgan fingerprint density at radius 2 is 1.96 bits per heavy atom. The van der Waals surface area contributed by atoms with Crippen LogP contribution in [0.3, 0.4) is 0 Å². The molecule has 1 amide bonds. The maximum absolute atomic E-state index is 13.4. The van der Waals surface area contributed by atoms with Crippen LogP contribution in [0.4, 0.5) is 0 Å². The van der Waals surface area contributed by atoms with Gasteiger partial charge in [-0.25, -0.2) is 4.98 Å². The van der Waals surface area contributed by atoms with Gasteiger partial charge in [0.05, 0.1) is 23.3 Å². The Morgan fingerprint density at radius 3 is 2.65 bits per heavy atom. The minimum absolute atomic E-state index is 0.0301. The summed E-state index contributed by atoms with van der Waals surface area (Å²) in [6, 6.07) is 11.8. The Balaban J connectivity index is 2.02. The highest BCUT2D eigenvalue weighted by molar-refractivity contribution is 6.06. The van der Waals surface area contributed by atoms with Crippen molar-refractivity contribution in [2.75, 3.05) is 20.3 Å². The molecule has 0 saturated heterocycles. The number of amides is 1. The molecule has 6 nitrogen and oxygen atoms in total. The number of fused-ring (bicyclic) bond motifs is 1. The number of aryl methyl sites for hydroxylation is 3. The van der Waals surface area contributed by atoms with Crippen molar-refractivity contribution in [2.24, 2.45) is 7.05 Å². The van der Waals surface area contributed by atoms with E-state index in [-0.39, 0.29) is 5.91 Å². The highest BCUT2D eigenvalue weighted by atomic mass is 16.5. The molecule has 0 saturated carbocycles. The van der Waals surface area contributed by atoms with Crippen LogP contribution >= 0.6 is 0 Å². The van der Waals surface area contributed by atoms with Gasteiger partial charge in [-0.2, -0.15) is 5.10 Å². The number of benzene rings is 1. The van der Waals surface area contributed by atoms with Gasteiger partial charge in [-0.05, 0) is 25.5 Å². The Bertz CT molecular complexity index is 918. The Hall–Kier alpha value is -2.73. The molecular formula is C20H24N4O2. The third kappa shape index (κ3) is 3.60. The summed E-state index contributed by atoms with van der Waals surface area (Å²) in [4.78, 5) is 19.8. The molecule has 26 heavy (non-hydrogen) atoms. The summed E-state index contributed by atoms with van der Waals surface area (Å²) >= 11 is 0. The first-order valence-corrected chi connectivity index (χ1v) is 8.64. The van der Waals surface area contributed by atoms with Gasteiger partial charge in [0.1, 0.15) is 0 Å². The smallest absolute Gasteiger partial charge is 0.255 e. The second kappa shape index (κ2) is 7.66. The summed E-state index contributed by atoms with van der Waals surface area (Å²) in [6.07, 6.45) is 0. The first-order chi connectivity index (χ1) is 12.5. The molecule has 0 spiro atoms. The standard InChI is InChI=1S/C20H24N4O2/c1-14-12-17(18-15(2)22-23(3)19(18)21-14)20(25)24(10-11-26-4)13-16-8-6-5-7-9-16/h5-9,12H,10-11,13H2,1-4H3. The number of pyridine rings is 1. The summed E-state index contributed by atoms with van der Waals surface area (Å²) < 4.78 is 6.94. The van der Waals surface area contributed by atoms with E-state index < -0.39 is 0 Å². The number of carbonyl (C=O) groups is 1. The molecule has 0 bridgehead atoms. The quantitative estimate of drug-likeness (QED) is 0.684. The molecule has 3 aromatic rings. The highest BCUT2D eigenvalue weighted by Gasteiger charge is 2.22. The number of nitrogens with zero attached hydrogens (tertiary/aromatic N) is 4. The molecule has 2 heterocycles. The van der Waals surface area contributed by atoms with E-state index in [4.69, 9.17) is 4.74 Å². The topological polar surface area (TPSA) is 60.2 Å². The van der Waals surface area contributed by atoms with Crippen LogP contribution in [0.1, 0.15) is 27.3 Å². The molecule has 0 atom stereocenters. The first-order valence-electron chi connectivity index (χ1n) is 8.64. The lowest BCUT2D eigenvalue weighted by atomic mass is 10.1. The van der Waals surface area contributed by atoms with E-state index in [1.165, 1.54) is 0 Å². The summed E-state index contributed by atoms with van der Waals surface area (Å²) in [5.41, 5.74) is 4.07. The summed E-state index contributed by atoms with van der Waals surface area (Å²) in [7, 11) is 3.49. The van der Waals surface area contributed by atoms with Gasteiger partial charge in [0.15, 0.2) is 5.65 Å². The van der Waals surface area contributed by atoms with Crippen molar-refractivity contribution < 1.29 is 9.53 Å². The van der Waals surface area contributed by atoms with Crippen molar-refractivity contribution in [2.45, 2.75) is 20.4 Å². The van der Waals surface area contributed by atoms with Crippen molar-refractivity contribution in [1.82, 2.24) is 19.7 Å². The SMILES string of the molecule is COCCN(Cc1ccccc1)C(=O)c1cc(C)nc2c1c(C)nn2C. The van der Waals surface area contributed by atoms with E-state index in [1.54, 1.807) is 11.8 Å². The Morgan fingerprint density at radius 1 is 1.23 bits per heavy atom. The number of aromatic nitrogens is 3. The van der Waals surface area contributed by atoms with Crippen molar-refractivity contribution in [3.63, 3.8) is 0 Å². The summed E-state index contributed by atoms with van der Waals surface area (Å²) in [5, 5.41) is 5.26. The van der Waals surface area contributed by atoms with Gasteiger partial charge in [0, 0.05) is 32.9 Å². The van der Waals surface area contributed by atoms with Gasteiger partial charge < -0.3 is 9.64 Å². The zero-order valence-corrected chi connectivity index (χ0v) is 15.7. The van der Waals surface area contributed by atoms with Gasteiger partial charge in [-0.1, -0.05) is 30.3 Å². The van der Waals surface area contributed by atoms with Crippen LogP contribution in [0.2, 0.25) is 0 Å². The lowest BCUT2D eigenvalue weighted by molar-refractivity contribution is 0.0682. The third-order valence-corrected chi connectivity index (χ3v) is 4.40. The number of rotatable bonds is 6. The molecule has 0 aliphatic heterocycles. The normalized spacial score (nSPS) is 11.1. The fraction of sp³-hybridized carbons (Fsp3) is 0.350. The van der Waals surface area contributed by atoms with E-state index >= 15 is 0 Å². The van der Waals surface area contributed by atoms with Crippen LogP contribution in [0.15, 0.2) is 36.4 Å². The molecule has 0 aliphatic rings. The van der Waals surface area contributed by atoms with E-state index in [0.717, 1.165) is 28.0 Å². The van der Waals surface area contributed by atoms with Crippen LogP contribution in [-0.4, -0.2) is 45.8 Å². The molecular weight excluding hydrogens is 328 g/mol. The van der Waals surface area contributed by atoms with Crippen LogP contribution < -0.4 is 0 Å². The highest BCUT2D eigenvalue weighted by Crippen LogP contribution is 2.23. The summed E-state index contributed by atoms with van der Waals surface area (Å²) in [6.45, 7) is 5.34. The molecule has 0 N–H and O–H groups in total. The Kier molecular flexibility index (Phi) is 5.32. The van der Waals surface area contributed by atoms with Gasteiger partial charge in [0.25, 0.3) is 5.91 Å². The van der Waals surface area contributed by atoms with Crippen molar-refractivity contribution in [3.8, 4) is 0 Å². The molecule has 6 heteroatoms. The molecule has 1 aromatic carbocycles. The lowest BCUT2D eigenvalue weighted by Gasteiger charge is -2.23. The van der Waals surface area contributed by atoms with Crippen molar-refractivity contribution in [1.29, 1.82) is 0 Å². The maximum atomic E-state index is 13.4. The van der Waals surface area contributed by atoms with Crippen LogP contribution in [-0.2, 0) is 18.3 Å². The van der Waals surface area contributed by atoms with Crippen LogP contribution in [0, 0.1) is 13.8 Å². The fourth-order valence-electron chi connectivity index (χ4n) is 3.17.